The molecule has 0 unspecified atom stereocenters. The second-order valence-corrected chi connectivity index (χ2v) is 5.35. The zero-order valence-electron chi connectivity index (χ0n) is 7.20. The largest absolute Gasteiger partial charge is 0.229 e. The maximum Gasteiger partial charge on any atom is 0.209 e. The summed E-state index contributed by atoms with van der Waals surface area (Å²) in [5, 5.41) is 5.67. The summed E-state index contributed by atoms with van der Waals surface area (Å²) in [6, 6.07) is 5.08. The number of hydrogen-bond donors (Lipinski definition) is 1. The third-order valence-electron chi connectivity index (χ3n) is 1.69. The summed E-state index contributed by atoms with van der Waals surface area (Å²) in [6.07, 6.45) is 0.276. The molecule has 0 fully saturated rings. The van der Waals surface area contributed by atoms with Crippen molar-refractivity contribution >= 4 is 33.2 Å². The van der Waals surface area contributed by atoms with Gasteiger partial charge in [0.25, 0.3) is 0 Å². The Balaban J connectivity index is 2.83. The van der Waals surface area contributed by atoms with E-state index in [-0.39, 0.29) is 12.2 Å². The van der Waals surface area contributed by atoms with Gasteiger partial charge >= 0.3 is 0 Å². The second kappa shape index (κ2) is 4.49. The van der Waals surface area contributed by atoms with E-state index in [2.05, 4.69) is 0 Å². The van der Waals surface area contributed by atoms with Crippen LogP contribution in [0.2, 0.25) is 10.0 Å². The van der Waals surface area contributed by atoms with Crippen molar-refractivity contribution in [2.75, 3.05) is 5.75 Å². The highest BCUT2D eigenvalue weighted by atomic mass is 35.5. The Morgan fingerprint density at radius 2 is 1.93 bits per heavy atom. The first-order chi connectivity index (χ1) is 6.40. The van der Waals surface area contributed by atoms with E-state index in [0.29, 0.717) is 15.6 Å². The first-order valence-corrected chi connectivity index (χ1v) is 6.30. The lowest BCUT2D eigenvalue weighted by Crippen LogP contribution is -2.18. The van der Waals surface area contributed by atoms with E-state index < -0.39 is 10.0 Å². The van der Waals surface area contributed by atoms with Crippen molar-refractivity contribution in [3.8, 4) is 0 Å². The Hall–Kier alpha value is -0.290. The summed E-state index contributed by atoms with van der Waals surface area (Å²) in [5.74, 6) is -0.132. The number of rotatable bonds is 3. The van der Waals surface area contributed by atoms with E-state index in [4.69, 9.17) is 28.3 Å². The summed E-state index contributed by atoms with van der Waals surface area (Å²) in [7, 11) is -3.45. The fraction of sp³-hybridized carbons (Fsp3) is 0.250. The molecule has 0 radical (unpaired) electrons. The highest BCUT2D eigenvalue weighted by molar-refractivity contribution is 7.89. The average Bonchev–Trinajstić information content (AvgIpc) is 2.06. The molecule has 0 aromatic heterocycles. The molecule has 6 heteroatoms. The zero-order valence-corrected chi connectivity index (χ0v) is 9.53. The van der Waals surface area contributed by atoms with Crippen LogP contribution in [0.25, 0.3) is 0 Å². The number of halogens is 2. The number of benzene rings is 1. The van der Waals surface area contributed by atoms with Crippen molar-refractivity contribution in [3.63, 3.8) is 0 Å². The quantitative estimate of drug-likeness (QED) is 0.894. The van der Waals surface area contributed by atoms with Gasteiger partial charge in [0.15, 0.2) is 0 Å². The van der Waals surface area contributed by atoms with Crippen molar-refractivity contribution in [1.82, 2.24) is 0 Å². The minimum absolute atomic E-state index is 0.132. The van der Waals surface area contributed by atoms with Gasteiger partial charge in [0.05, 0.1) is 15.8 Å². The predicted molar refractivity (Wildman–Crippen MR) is 58.1 cm³/mol. The molecule has 0 saturated heterocycles. The first kappa shape index (κ1) is 11.8. The van der Waals surface area contributed by atoms with Crippen LogP contribution in [-0.4, -0.2) is 14.2 Å². The number of nitrogens with two attached hydrogens (primary N) is 1. The van der Waals surface area contributed by atoms with E-state index in [0.717, 1.165) is 0 Å². The molecule has 14 heavy (non-hydrogen) atoms. The monoisotopic (exact) mass is 253 g/mol. The van der Waals surface area contributed by atoms with Crippen LogP contribution in [0.4, 0.5) is 0 Å². The van der Waals surface area contributed by atoms with Crippen LogP contribution in [-0.2, 0) is 16.4 Å². The van der Waals surface area contributed by atoms with Gasteiger partial charge in [-0.05, 0) is 18.1 Å². The second-order valence-electron chi connectivity index (χ2n) is 2.83. The van der Waals surface area contributed by atoms with Gasteiger partial charge < -0.3 is 0 Å². The smallest absolute Gasteiger partial charge is 0.209 e. The maximum absolute atomic E-state index is 10.7. The first-order valence-electron chi connectivity index (χ1n) is 3.83. The molecule has 0 bridgehead atoms. The number of aryl methyl sites for hydroxylation is 1. The zero-order chi connectivity index (χ0) is 10.8. The Morgan fingerprint density at radius 1 is 1.29 bits per heavy atom. The van der Waals surface area contributed by atoms with E-state index in [9.17, 15) is 8.42 Å². The van der Waals surface area contributed by atoms with Crippen LogP contribution >= 0.6 is 23.2 Å². The van der Waals surface area contributed by atoms with Crippen LogP contribution < -0.4 is 5.14 Å². The molecule has 0 aliphatic rings. The van der Waals surface area contributed by atoms with Crippen LogP contribution in [0, 0.1) is 0 Å². The Morgan fingerprint density at radius 3 is 2.50 bits per heavy atom. The predicted octanol–water partition coefficient (Wildman–Crippen LogP) is 1.82. The van der Waals surface area contributed by atoms with Gasteiger partial charge in [0, 0.05) is 0 Å². The molecule has 0 saturated carbocycles. The molecule has 0 amide bonds. The minimum atomic E-state index is -3.45. The van der Waals surface area contributed by atoms with Gasteiger partial charge in [-0.1, -0.05) is 35.3 Å². The molecule has 0 aliphatic carbocycles. The minimum Gasteiger partial charge on any atom is -0.229 e. The normalized spacial score (nSPS) is 11.6. The number of primary sulfonamides is 1. The molecule has 0 spiro atoms. The number of hydrogen-bond acceptors (Lipinski definition) is 2. The van der Waals surface area contributed by atoms with E-state index >= 15 is 0 Å². The average molecular weight is 254 g/mol. The van der Waals surface area contributed by atoms with Crippen molar-refractivity contribution in [2.24, 2.45) is 5.14 Å². The van der Waals surface area contributed by atoms with Crippen molar-refractivity contribution in [2.45, 2.75) is 6.42 Å². The fourth-order valence-corrected chi connectivity index (χ4v) is 1.91. The summed E-state index contributed by atoms with van der Waals surface area (Å²) < 4.78 is 21.4. The topological polar surface area (TPSA) is 60.2 Å². The molecule has 1 aromatic rings. The maximum atomic E-state index is 10.7. The molecular formula is C8H9Cl2NO2S. The highest BCUT2D eigenvalue weighted by Crippen LogP contribution is 2.25. The summed E-state index contributed by atoms with van der Waals surface area (Å²) in [6.45, 7) is 0. The molecule has 2 N–H and O–H groups in total. The molecular weight excluding hydrogens is 245 g/mol. The SMILES string of the molecule is NS(=O)(=O)CCc1cccc(Cl)c1Cl. The van der Waals surface area contributed by atoms with Gasteiger partial charge in [0.1, 0.15) is 0 Å². The van der Waals surface area contributed by atoms with E-state index in [1.807, 2.05) is 0 Å². The van der Waals surface area contributed by atoms with Crippen molar-refractivity contribution in [3.05, 3.63) is 33.8 Å². The standard InChI is InChI=1S/C8H9Cl2NO2S/c9-7-3-1-2-6(8(7)10)4-5-14(11,12)13/h1-3H,4-5H2,(H2,11,12,13). The van der Waals surface area contributed by atoms with Crippen LogP contribution in [0.3, 0.4) is 0 Å². The van der Waals surface area contributed by atoms with Crippen molar-refractivity contribution in [1.29, 1.82) is 0 Å². The van der Waals surface area contributed by atoms with Crippen molar-refractivity contribution < 1.29 is 8.42 Å². The third kappa shape index (κ3) is 3.46. The van der Waals surface area contributed by atoms with Crippen LogP contribution in [0.15, 0.2) is 18.2 Å². The summed E-state index contributed by atoms with van der Waals surface area (Å²) in [5.41, 5.74) is 0.688. The van der Waals surface area contributed by atoms with E-state index in [1.54, 1.807) is 18.2 Å². The van der Waals surface area contributed by atoms with Crippen LogP contribution in [0.5, 0.6) is 0 Å². The molecule has 1 aromatic carbocycles. The van der Waals surface area contributed by atoms with Gasteiger partial charge in [-0.3, -0.25) is 0 Å². The fourth-order valence-electron chi connectivity index (χ4n) is 0.994. The molecule has 0 heterocycles. The lowest BCUT2D eigenvalue weighted by Gasteiger charge is -2.04. The molecule has 78 valence electrons. The Labute approximate surface area is 92.9 Å². The number of sulfonamides is 1. The third-order valence-corrected chi connectivity index (χ3v) is 3.32. The summed E-state index contributed by atoms with van der Waals surface area (Å²) in [4.78, 5) is 0. The Bertz CT molecular complexity index is 431. The van der Waals surface area contributed by atoms with Gasteiger partial charge in [-0.2, -0.15) is 0 Å². The summed E-state index contributed by atoms with van der Waals surface area (Å²) >= 11 is 11.6. The highest BCUT2D eigenvalue weighted by Gasteiger charge is 2.08. The van der Waals surface area contributed by atoms with Crippen LogP contribution in [0.1, 0.15) is 5.56 Å². The molecule has 0 atom stereocenters. The van der Waals surface area contributed by atoms with E-state index in [1.165, 1.54) is 0 Å². The van der Waals surface area contributed by atoms with Gasteiger partial charge in [-0.15, -0.1) is 0 Å². The molecule has 1 rings (SSSR count). The van der Waals surface area contributed by atoms with Gasteiger partial charge in [-0.25, -0.2) is 13.6 Å². The molecule has 3 nitrogen and oxygen atoms in total. The lowest BCUT2D eigenvalue weighted by molar-refractivity contribution is 0.597. The molecule has 0 aliphatic heterocycles. The lowest BCUT2D eigenvalue weighted by atomic mass is 10.2. The van der Waals surface area contributed by atoms with Gasteiger partial charge in [0.2, 0.25) is 10.0 Å². The Kier molecular flexibility index (Phi) is 3.78.